The second-order valence-corrected chi connectivity index (χ2v) is 5.33. The first-order valence-corrected chi connectivity index (χ1v) is 6.76. The maximum absolute atomic E-state index is 12.1. The van der Waals surface area contributed by atoms with E-state index in [-0.39, 0.29) is 10.7 Å². The van der Waals surface area contributed by atoms with Gasteiger partial charge < -0.3 is 0 Å². The molecule has 0 aliphatic carbocycles. The van der Waals surface area contributed by atoms with Gasteiger partial charge in [-0.2, -0.15) is 0 Å². The molecule has 0 atom stereocenters. The van der Waals surface area contributed by atoms with Crippen LogP contribution in [0, 0.1) is 0 Å². The Balaban J connectivity index is 2.44. The summed E-state index contributed by atoms with van der Waals surface area (Å²) in [4.78, 5) is 12.0. The van der Waals surface area contributed by atoms with Crippen molar-refractivity contribution in [2.24, 2.45) is 5.14 Å². The van der Waals surface area contributed by atoms with Gasteiger partial charge in [-0.25, -0.2) is 13.6 Å². The number of carbonyl (C=O) groups is 1. The first-order chi connectivity index (χ1) is 8.48. The van der Waals surface area contributed by atoms with Crippen LogP contribution in [0.25, 0.3) is 0 Å². The lowest BCUT2D eigenvalue weighted by Crippen LogP contribution is -2.13. The number of nitrogens with two attached hydrogens (primary N) is 1. The minimum atomic E-state index is -3.79. The van der Waals surface area contributed by atoms with E-state index in [4.69, 9.17) is 5.14 Å². The molecular weight excluding hydrogens is 250 g/mol. The quantitative estimate of drug-likeness (QED) is 0.852. The number of carbonyl (C=O) groups excluding carboxylic acids is 1. The summed E-state index contributed by atoms with van der Waals surface area (Å²) >= 11 is 0. The molecule has 0 amide bonds. The van der Waals surface area contributed by atoms with Crippen LogP contribution in [0.1, 0.15) is 15.9 Å². The van der Waals surface area contributed by atoms with Gasteiger partial charge in [-0.3, -0.25) is 4.79 Å². The molecular formula is C13H11NO3S. The summed E-state index contributed by atoms with van der Waals surface area (Å²) in [5.74, 6) is -0.235. The van der Waals surface area contributed by atoms with E-state index in [0.29, 0.717) is 11.1 Å². The molecule has 0 aliphatic heterocycles. The van der Waals surface area contributed by atoms with Crippen molar-refractivity contribution in [2.45, 2.75) is 4.90 Å². The van der Waals surface area contributed by atoms with Crippen LogP contribution in [-0.4, -0.2) is 14.2 Å². The molecule has 0 bridgehead atoms. The highest BCUT2D eigenvalue weighted by Gasteiger charge is 2.13. The fourth-order valence-electron chi connectivity index (χ4n) is 1.57. The fraction of sp³-hybridized carbons (Fsp3) is 0. The molecule has 0 aromatic heterocycles. The van der Waals surface area contributed by atoms with Crippen LogP contribution in [0.2, 0.25) is 0 Å². The third-order valence-electron chi connectivity index (χ3n) is 2.46. The second-order valence-electron chi connectivity index (χ2n) is 3.77. The topological polar surface area (TPSA) is 77.2 Å². The Hall–Kier alpha value is -1.98. The molecule has 0 aliphatic rings. The van der Waals surface area contributed by atoms with Crippen molar-refractivity contribution >= 4 is 15.8 Å². The lowest BCUT2D eigenvalue weighted by atomic mass is 10.0. The molecule has 2 aromatic rings. The predicted octanol–water partition coefficient (Wildman–Crippen LogP) is 1.57. The van der Waals surface area contributed by atoms with Crippen molar-refractivity contribution in [1.29, 1.82) is 0 Å². The number of primary sulfonamides is 1. The highest BCUT2D eigenvalue weighted by atomic mass is 32.2. The van der Waals surface area contributed by atoms with Gasteiger partial charge in [0.2, 0.25) is 10.0 Å². The molecule has 18 heavy (non-hydrogen) atoms. The van der Waals surface area contributed by atoms with Crippen LogP contribution < -0.4 is 5.14 Å². The molecule has 2 aromatic carbocycles. The normalized spacial score (nSPS) is 11.2. The average Bonchev–Trinajstić information content (AvgIpc) is 2.38. The van der Waals surface area contributed by atoms with Crippen molar-refractivity contribution in [2.75, 3.05) is 0 Å². The Kier molecular flexibility index (Phi) is 3.27. The summed E-state index contributed by atoms with van der Waals surface area (Å²) in [7, 11) is -3.79. The second kappa shape index (κ2) is 4.72. The van der Waals surface area contributed by atoms with E-state index in [1.54, 1.807) is 36.4 Å². The van der Waals surface area contributed by atoms with E-state index in [1.807, 2.05) is 0 Å². The number of benzene rings is 2. The van der Waals surface area contributed by atoms with Crippen molar-refractivity contribution in [3.8, 4) is 0 Å². The maximum Gasteiger partial charge on any atom is 0.238 e. The van der Waals surface area contributed by atoms with E-state index in [9.17, 15) is 13.2 Å². The third kappa shape index (κ3) is 2.64. The van der Waals surface area contributed by atoms with E-state index >= 15 is 0 Å². The Bertz CT molecular complexity index is 678. The Morgan fingerprint density at radius 3 is 2.11 bits per heavy atom. The van der Waals surface area contributed by atoms with Crippen LogP contribution >= 0.6 is 0 Å². The van der Waals surface area contributed by atoms with E-state index < -0.39 is 10.0 Å². The van der Waals surface area contributed by atoms with Gasteiger partial charge in [-0.15, -0.1) is 0 Å². The van der Waals surface area contributed by atoms with Gasteiger partial charge >= 0.3 is 0 Å². The molecule has 4 nitrogen and oxygen atoms in total. The lowest BCUT2D eigenvalue weighted by molar-refractivity contribution is 0.103. The first kappa shape index (κ1) is 12.5. The van der Waals surface area contributed by atoms with Gasteiger partial charge in [0.1, 0.15) is 0 Å². The highest BCUT2D eigenvalue weighted by molar-refractivity contribution is 7.89. The van der Waals surface area contributed by atoms with Gasteiger partial charge in [0.05, 0.1) is 4.90 Å². The summed E-state index contributed by atoms with van der Waals surface area (Å²) in [6, 6.07) is 14.3. The molecule has 0 fully saturated rings. The SMILES string of the molecule is NS(=O)(=O)c1cccc(C(=O)c2ccccc2)c1. The van der Waals surface area contributed by atoms with Crippen LogP contribution in [0.5, 0.6) is 0 Å². The molecule has 0 saturated heterocycles. The molecule has 2 rings (SSSR count). The van der Waals surface area contributed by atoms with Gasteiger partial charge in [0, 0.05) is 11.1 Å². The van der Waals surface area contributed by atoms with Crippen LogP contribution in [0.3, 0.4) is 0 Å². The number of rotatable bonds is 3. The highest BCUT2D eigenvalue weighted by Crippen LogP contribution is 2.14. The Morgan fingerprint density at radius 2 is 1.50 bits per heavy atom. The largest absolute Gasteiger partial charge is 0.289 e. The minimum Gasteiger partial charge on any atom is -0.289 e. The number of hydrogen-bond acceptors (Lipinski definition) is 3. The summed E-state index contributed by atoms with van der Waals surface area (Å²) < 4.78 is 22.4. The lowest BCUT2D eigenvalue weighted by Gasteiger charge is -2.03. The predicted molar refractivity (Wildman–Crippen MR) is 67.7 cm³/mol. The van der Waals surface area contributed by atoms with Crippen LogP contribution in [0.4, 0.5) is 0 Å². The van der Waals surface area contributed by atoms with Crippen molar-refractivity contribution in [3.63, 3.8) is 0 Å². The van der Waals surface area contributed by atoms with Gasteiger partial charge in [0.15, 0.2) is 5.78 Å². The number of hydrogen-bond donors (Lipinski definition) is 1. The van der Waals surface area contributed by atoms with E-state index in [2.05, 4.69) is 0 Å². The zero-order valence-corrected chi connectivity index (χ0v) is 10.2. The zero-order chi connectivity index (χ0) is 13.2. The minimum absolute atomic E-state index is 0.0655. The van der Waals surface area contributed by atoms with Crippen molar-refractivity contribution < 1.29 is 13.2 Å². The van der Waals surface area contributed by atoms with Crippen molar-refractivity contribution in [1.82, 2.24) is 0 Å². The maximum atomic E-state index is 12.1. The summed E-state index contributed by atoms with van der Waals surface area (Å²) in [5, 5.41) is 5.03. The van der Waals surface area contributed by atoms with E-state index in [1.165, 1.54) is 18.2 Å². The monoisotopic (exact) mass is 261 g/mol. The third-order valence-corrected chi connectivity index (χ3v) is 3.37. The molecule has 2 N–H and O–H groups in total. The molecule has 92 valence electrons. The van der Waals surface area contributed by atoms with E-state index in [0.717, 1.165) is 0 Å². The first-order valence-electron chi connectivity index (χ1n) is 5.21. The molecule has 0 spiro atoms. The van der Waals surface area contributed by atoms with Crippen LogP contribution in [0.15, 0.2) is 59.5 Å². The van der Waals surface area contributed by atoms with Gasteiger partial charge in [-0.05, 0) is 12.1 Å². The summed E-state index contributed by atoms with van der Waals surface area (Å²) in [5.41, 5.74) is 0.803. The van der Waals surface area contributed by atoms with Crippen molar-refractivity contribution in [3.05, 3.63) is 65.7 Å². The molecule has 0 unspecified atom stereocenters. The smallest absolute Gasteiger partial charge is 0.238 e. The molecule has 5 heteroatoms. The number of sulfonamides is 1. The van der Waals surface area contributed by atoms with Crippen LogP contribution in [-0.2, 0) is 10.0 Å². The standard InChI is InChI=1S/C13H11NO3S/c14-18(16,17)12-8-4-7-11(9-12)13(15)10-5-2-1-3-6-10/h1-9H,(H2,14,16,17). The fourth-order valence-corrected chi connectivity index (χ4v) is 2.13. The van der Waals surface area contributed by atoms with Gasteiger partial charge in [-0.1, -0.05) is 42.5 Å². The van der Waals surface area contributed by atoms with Gasteiger partial charge in [0.25, 0.3) is 0 Å². The average molecular weight is 261 g/mol. The summed E-state index contributed by atoms with van der Waals surface area (Å²) in [6.45, 7) is 0. The summed E-state index contributed by atoms with van der Waals surface area (Å²) in [6.07, 6.45) is 0. The number of ketones is 1. The Labute approximate surface area is 105 Å². The molecule has 0 heterocycles. The molecule has 0 saturated carbocycles. The Morgan fingerprint density at radius 1 is 0.889 bits per heavy atom. The molecule has 0 radical (unpaired) electrons. The zero-order valence-electron chi connectivity index (χ0n) is 9.41.